The van der Waals surface area contributed by atoms with E-state index in [4.69, 9.17) is 0 Å². The second-order valence-electron chi connectivity index (χ2n) is 6.32. The van der Waals surface area contributed by atoms with Gasteiger partial charge in [0.15, 0.2) is 0 Å². The quantitative estimate of drug-likeness (QED) is 0.538. The zero-order chi connectivity index (χ0) is 14.0. The number of aromatic nitrogens is 1. The molecule has 1 aromatic heterocycles. The van der Waals surface area contributed by atoms with E-state index in [9.17, 15) is 0 Å². The molecule has 0 spiro atoms. The lowest BCUT2D eigenvalue weighted by molar-refractivity contribution is 0.530. The Bertz CT molecular complexity index is 352. The van der Waals surface area contributed by atoms with Gasteiger partial charge in [-0.25, -0.2) is 0 Å². The fourth-order valence-electron chi connectivity index (χ4n) is 2.78. The minimum atomic E-state index is 0.807. The van der Waals surface area contributed by atoms with E-state index in [1.165, 1.54) is 76.4 Å². The summed E-state index contributed by atoms with van der Waals surface area (Å²) in [6.45, 7) is 4.53. The summed E-state index contributed by atoms with van der Waals surface area (Å²) in [5.74, 6) is 0. The molecule has 0 amide bonds. The number of aryl methyl sites for hydroxylation is 1. The largest absolute Gasteiger partial charge is 0.350 e. The van der Waals surface area contributed by atoms with Gasteiger partial charge in [-0.05, 0) is 31.4 Å². The van der Waals surface area contributed by atoms with Crippen molar-refractivity contribution in [2.75, 3.05) is 0 Å². The lowest BCUT2D eigenvalue weighted by atomic mass is 10.1. The van der Waals surface area contributed by atoms with Crippen LogP contribution in [0.4, 0.5) is 0 Å². The lowest BCUT2D eigenvalue weighted by Gasteiger charge is -2.10. The molecule has 1 aromatic rings. The SMILES string of the molecule is CCCCCCCCCCn1cccc1CNC1CC1. The monoisotopic (exact) mass is 276 g/mol. The van der Waals surface area contributed by atoms with E-state index < -0.39 is 0 Å². The maximum atomic E-state index is 3.61. The van der Waals surface area contributed by atoms with Crippen LogP contribution in [0.3, 0.4) is 0 Å². The first-order chi connectivity index (χ1) is 9.90. The molecule has 20 heavy (non-hydrogen) atoms. The number of nitrogens with zero attached hydrogens (tertiary/aromatic N) is 1. The van der Waals surface area contributed by atoms with Crippen LogP contribution in [0.5, 0.6) is 0 Å². The highest BCUT2D eigenvalue weighted by Gasteiger charge is 2.20. The summed E-state index contributed by atoms with van der Waals surface area (Å²) in [5.41, 5.74) is 1.46. The Morgan fingerprint density at radius 1 is 1.05 bits per heavy atom. The van der Waals surface area contributed by atoms with Crippen molar-refractivity contribution in [3.63, 3.8) is 0 Å². The molecule has 1 saturated carbocycles. The molecule has 1 aliphatic carbocycles. The molecule has 1 fully saturated rings. The van der Waals surface area contributed by atoms with Gasteiger partial charge < -0.3 is 9.88 Å². The topological polar surface area (TPSA) is 17.0 Å². The predicted octanol–water partition coefficient (Wildman–Crippen LogP) is 4.88. The second-order valence-corrected chi connectivity index (χ2v) is 6.32. The van der Waals surface area contributed by atoms with Gasteiger partial charge in [-0.1, -0.05) is 51.9 Å². The van der Waals surface area contributed by atoms with Crippen molar-refractivity contribution in [1.82, 2.24) is 9.88 Å². The molecule has 0 saturated heterocycles. The fourth-order valence-corrected chi connectivity index (χ4v) is 2.78. The van der Waals surface area contributed by atoms with Crippen molar-refractivity contribution in [3.8, 4) is 0 Å². The first kappa shape index (κ1) is 15.6. The molecule has 2 heteroatoms. The summed E-state index contributed by atoms with van der Waals surface area (Å²) in [7, 11) is 0. The van der Waals surface area contributed by atoms with Gasteiger partial charge >= 0.3 is 0 Å². The highest BCUT2D eigenvalue weighted by molar-refractivity contribution is 5.07. The predicted molar refractivity (Wildman–Crippen MR) is 86.9 cm³/mol. The van der Waals surface area contributed by atoms with Crippen molar-refractivity contribution in [1.29, 1.82) is 0 Å². The third kappa shape index (κ3) is 6.13. The molecular formula is C18H32N2. The Hall–Kier alpha value is -0.760. The van der Waals surface area contributed by atoms with E-state index in [0.29, 0.717) is 0 Å². The number of nitrogens with one attached hydrogen (secondary N) is 1. The molecule has 1 N–H and O–H groups in total. The maximum absolute atomic E-state index is 3.61. The van der Waals surface area contributed by atoms with Crippen LogP contribution in [0.25, 0.3) is 0 Å². The summed E-state index contributed by atoms with van der Waals surface area (Å²) in [4.78, 5) is 0. The van der Waals surface area contributed by atoms with Crippen molar-refractivity contribution < 1.29 is 0 Å². The molecule has 2 nitrogen and oxygen atoms in total. The van der Waals surface area contributed by atoms with Gasteiger partial charge in [0.2, 0.25) is 0 Å². The third-order valence-electron chi connectivity index (χ3n) is 4.33. The minimum Gasteiger partial charge on any atom is -0.350 e. The molecule has 0 radical (unpaired) electrons. The van der Waals surface area contributed by atoms with Crippen molar-refractivity contribution in [2.45, 2.75) is 90.3 Å². The zero-order valence-electron chi connectivity index (χ0n) is 13.2. The van der Waals surface area contributed by atoms with Crippen molar-refractivity contribution >= 4 is 0 Å². The summed E-state index contributed by atoms with van der Waals surface area (Å²) < 4.78 is 2.44. The highest BCUT2D eigenvalue weighted by Crippen LogP contribution is 2.19. The third-order valence-corrected chi connectivity index (χ3v) is 4.33. The number of hydrogen-bond donors (Lipinski definition) is 1. The smallest absolute Gasteiger partial charge is 0.0361 e. The summed E-state index contributed by atoms with van der Waals surface area (Å²) in [6, 6.07) is 5.26. The Labute approximate surface area is 125 Å². The maximum Gasteiger partial charge on any atom is 0.0361 e. The normalized spacial score (nSPS) is 14.8. The van der Waals surface area contributed by atoms with Crippen LogP contribution in [0, 0.1) is 0 Å². The van der Waals surface area contributed by atoms with Gasteiger partial charge in [-0.15, -0.1) is 0 Å². The van der Waals surface area contributed by atoms with Gasteiger partial charge in [0.1, 0.15) is 0 Å². The van der Waals surface area contributed by atoms with E-state index in [0.717, 1.165) is 12.6 Å². The van der Waals surface area contributed by atoms with Gasteiger partial charge in [0, 0.05) is 31.0 Å². The molecule has 0 bridgehead atoms. The lowest BCUT2D eigenvalue weighted by Crippen LogP contribution is -2.18. The Morgan fingerprint density at radius 3 is 2.45 bits per heavy atom. The fraction of sp³-hybridized carbons (Fsp3) is 0.778. The van der Waals surface area contributed by atoms with Gasteiger partial charge in [-0.3, -0.25) is 0 Å². The van der Waals surface area contributed by atoms with Crippen molar-refractivity contribution in [2.24, 2.45) is 0 Å². The van der Waals surface area contributed by atoms with Crippen LogP contribution in [0.2, 0.25) is 0 Å². The summed E-state index contributed by atoms with van der Waals surface area (Å²) in [5, 5.41) is 3.61. The molecule has 0 unspecified atom stereocenters. The first-order valence-corrected chi connectivity index (χ1v) is 8.77. The van der Waals surface area contributed by atoms with E-state index >= 15 is 0 Å². The Kier molecular flexibility index (Phi) is 7.21. The molecule has 2 rings (SSSR count). The van der Waals surface area contributed by atoms with E-state index in [2.05, 4.69) is 35.1 Å². The van der Waals surface area contributed by atoms with Crippen LogP contribution >= 0.6 is 0 Å². The summed E-state index contributed by atoms with van der Waals surface area (Å²) >= 11 is 0. The van der Waals surface area contributed by atoms with Crippen LogP contribution in [0.15, 0.2) is 18.3 Å². The number of rotatable bonds is 12. The van der Waals surface area contributed by atoms with Crippen LogP contribution in [-0.4, -0.2) is 10.6 Å². The first-order valence-electron chi connectivity index (χ1n) is 8.77. The summed E-state index contributed by atoms with van der Waals surface area (Å²) in [6.07, 6.45) is 16.2. The average molecular weight is 276 g/mol. The Morgan fingerprint density at radius 2 is 1.75 bits per heavy atom. The van der Waals surface area contributed by atoms with Crippen LogP contribution in [0.1, 0.15) is 76.8 Å². The molecule has 0 aromatic carbocycles. The van der Waals surface area contributed by atoms with E-state index in [1.807, 2.05) is 0 Å². The average Bonchev–Trinajstić information content (AvgIpc) is 3.19. The van der Waals surface area contributed by atoms with E-state index in [1.54, 1.807) is 0 Å². The molecular weight excluding hydrogens is 244 g/mol. The number of unbranched alkanes of at least 4 members (excludes halogenated alkanes) is 7. The zero-order valence-corrected chi connectivity index (χ0v) is 13.2. The molecule has 114 valence electrons. The van der Waals surface area contributed by atoms with Crippen LogP contribution < -0.4 is 5.32 Å². The molecule has 0 aliphatic heterocycles. The second kappa shape index (κ2) is 9.23. The Balaban J connectivity index is 1.51. The van der Waals surface area contributed by atoms with Gasteiger partial charge in [0.05, 0.1) is 0 Å². The minimum absolute atomic E-state index is 0.807. The van der Waals surface area contributed by atoms with Gasteiger partial charge in [-0.2, -0.15) is 0 Å². The highest BCUT2D eigenvalue weighted by atomic mass is 15.0. The molecule has 0 atom stereocenters. The van der Waals surface area contributed by atoms with Crippen molar-refractivity contribution in [3.05, 3.63) is 24.0 Å². The number of hydrogen-bond acceptors (Lipinski definition) is 1. The van der Waals surface area contributed by atoms with Crippen LogP contribution in [-0.2, 0) is 13.1 Å². The molecule has 1 aliphatic rings. The standard InChI is InChI=1S/C18H32N2/c1-2-3-4-5-6-7-8-9-14-20-15-10-11-18(20)16-19-17-12-13-17/h10-11,15,17,19H,2-9,12-14,16H2,1H3. The molecule has 1 heterocycles. The van der Waals surface area contributed by atoms with E-state index in [-0.39, 0.29) is 0 Å². The van der Waals surface area contributed by atoms with Gasteiger partial charge in [0.25, 0.3) is 0 Å².